The van der Waals surface area contributed by atoms with E-state index in [4.69, 9.17) is 10.5 Å². The van der Waals surface area contributed by atoms with Crippen molar-refractivity contribution >= 4 is 29.9 Å². The second-order valence-electron chi connectivity index (χ2n) is 4.93. The minimum Gasteiger partial charge on any atom is -0.382 e. The number of benzene rings is 1. The van der Waals surface area contributed by atoms with E-state index >= 15 is 0 Å². The normalized spacial score (nSPS) is 11.2. The molecule has 0 spiro atoms. The van der Waals surface area contributed by atoms with Gasteiger partial charge < -0.3 is 20.4 Å². The summed E-state index contributed by atoms with van der Waals surface area (Å²) in [5.41, 5.74) is 6.98. The Bertz CT molecular complexity index is 633. The Labute approximate surface area is 158 Å². The average molecular weight is 447 g/mol. The molecule has 1 aromatic carbocycles. The van der Waals surface area contributed by atoms with Crippen molar-refractivity contribution in [2.75, 3.05) is 19.8 Å². The summed E-state index contributed by atoms with van der Waals surface area (Å²) in [7, 11) is 0. The van der Waals surface area contributed by atoms with Gasteiger partial charge in [0.25, 0.3) is 0 Å². The van der Waals surface area contributed by atoms with Crippen molar-refractivity contribution in [1.82, 2.24) is 14.9 Å². The number of imidazole rings is 1. The van der Waals surface area contributed by atoms with Crippen molar-refractivity contribution in [3.05, 3.63) is 48.3 Å². The molecule has 2 aromatic rings. The summed E-state index contributed by atoms with van der Waals surface area (Å²) < 4.78 is 21.0. The van der Waals surface area contributed by atoms with Gasteiger partial charge in [0.2, 0.25) is 0 Å². The average Bonchev–Trinajstić information content (AvgIpc) is 3.07. The first kappa shape index (κ1) is 20.4. The molecular formula is C16H23FIN5O. The van der Waals surface area contributed by atoms with Gasteiger partial charge in [-0.25, -0.2) is 14.4 Å². The molecule has 1 heterocycles. The Morgan fingerprint density at radius 3 is 2.96 bits per heavy atom. The van der Waals surface area contributed by atoms with Crippen LogP contribution in [0.1, 0.15) is 18.9 Å². The first-order valence-electron chi connectivity index (χ1n) is 7.59. The summed E-state index contributed by atoms with van der Waals surface area (Å²) >= 11 is 0. The van der Waals surface area contributed by atoms with Crippen LogP contribution in [0.15, 0.2) is 41.9 Å². The summed E-state index contributed by atoms with van der Waals surface area (Å²) in [6, 6.07) is 4.99. The molecule has 24 heavy (non-hydrogen) atoms. The monoisotopic (exact) mass is 447 g/mol. The van der Waals surface area contributed by atoms with Crippen molar-refractivity contribution in [3.8, 4) is 5.69 Å². The van der Waals surface area contributed by atoms with Gasteiger partial charge >= 0.3 is 0 Å². The van der Waals surface area contributed by atoms with Crippen LogP contribution in [0.25, 0.3) is 5.69 Å². The zero-order valence-electron chi connectivity index (χ0n) is 13.6. The molecule has 0 bridgehead atoms. The molecule has 6 nitrogen and oxygen atoms in total. The lowest BCUT2D eigenvalue weighted by Gasteiger charge is -2.07. The van der Waals surface area contributed by atoms with Crippen LogP contribution < -0.4 is 11.1 Å². The van der Waals surface area contributed by atoms with E-state index in [1.165, 1.54) is 6.07 Å². The summed E-state index contributed by atoms with van der Waals surface area (Å²) in [6.07, 6.45) is 5.72. The largest absolute Gasteiger partial charge is 0.382 e. The van der Waals surface area contributed by atoms with Crippen LogP contribution in [-0.2, 0) is 11.3 Å². The Morgan fingerprint density at radius 1 is 1.46 bits per heavy atom. The number of nitrogens with two attached hydrogens (primary N) is 1. The summed E-state index contributed by atoms with van der Waals surface area (Å²) in [5.74, 6) is 0.0273. The van der Waals surface area contributed by atoms with Gasteiger partial charge in [0.1, 0.15) is 5.82 Å². The van der Waals surface area contributed by atoms with Gasteiger partial charge in [0.05, 0.1) is 18.6 Å². The van der Waals surface area contributed by atoms with Gasteiger partial charge in [-0.05, 0) is 31.0 Å². The number of guanidine groups is 1. The van der Waals surface area contributed by atoms with E-state index in [0.717, 1.165) is 12.0 Å². The van der Waals surface area contributed by atoms with Crippen molar-refractivity contribution in [3.63, 3.8) is 0 Å². The van der Waals surface area contributed by atoms with Crippen LogP contribution >= 0.6 is 24.0 Å². The second kappa shape index (κ2) is 11.0. The molecule has 2 rings (SSSR count). The number of aliphatic imine (C=N–C) groups is 1. The third kappa shape index (κ3) is 6.44. The Morgan fingerprint density at radius 2 is 2.29 bits per heavy atom. The molecule has 0 atom stereocenters. The molecule has 3 N–H and O–H groups in total. The zero-order chi connectivity index (χ0) is 16.5. The topological polar surface area (TPSA) is 77.5 Å². The fourth-order valence-corrected chi connectivity index (χ4v) is 2.03. The fourth-order valence-electron chi connectivity index (χ4n) is 2.03. The van der Waals surface area contributed by atoms with E-state index in [2.05, 4.69) is 15.3 Å². The number of ether oxygens (including phenoxy) is 1. The molecule has 0 aliphatic heterocycles. The van der Waals surface area contributed by atoms with Crippen LogP contribution in [0.5, 0.6) is 0 Å². The van der Waals surface area contributed by atoms with Crippen molar-refractivity contribution in [1.29, 1.82) is 0 Å². The molecule has 0 aliphatic rings. The molecule has 132 valence electrons. The SMILES string of the molecule is CCOCCCNC(N)=NCc1ccc(-n2ccnc2)c(F)c1.I. The van der Waals surface area contributed by atoms with Crippen LogP contribution in [0.3, 0.4) is 0 Å². The number of nitrogens with zero attached hydrogens (tertiary/aromatic N) is 3. The molecule has 0 saturated carbocycles. The quantitative estimate of drug-likeness (QED) is 0.282. The standard InChI is InChI=1S/C16H22FN5O.HI/c1-2-23-9-3-6-20-16(18)21-11-13-4-5-15(14(17)10-13)22-8-7-19-12-22;/h4-5,7-8,10,12H,2-3,6,9,11H2,1H3,(H3,18,20,21);1H. The summed E-state index contributed by atoms with van der Waals surface area (Å²) in [4.78, 5) is 8.11. The molecule has 0 aliphatic carbocycles. The van der Waals surface area contributed by atoms with Crippen LogP contribution in [0.2, 0.25) is 0 Å². The molecule has 0 unspecified atom stereocenters. The third-order valence-electron chi connectivity index (χ3n) is 3.20. The van der Waals surface area contributed by atoms with Gasteiger partial charge in [-0.1, -0.05) is 6.07 Å². The molecule has 0 fully saturated rings. The van der Waals surface area contributed by atoms with E-state index in [1.807, 2.05) is 13.0 Å². The Balaban J connectivity index is 0.00000288. The Hall–Kier alpha value is -1.68. The lowest BCUT2D eigenvalue weighted by Crippen LogP contribution is -2.32. The molecule has 0 amide bonds. The van der Waals surface area contributed by atoms with E-state index in [1.54, 1.807) is 29.4 Å². The van der Waals surface area contributed by atoms with Crippen LogP contribution in [0.4, 0.5) is 4.39 Å². The molecule has 1 aromatic heterocycles. The van der Waals surface area contributed by atoms with E-state index in [-0.39, 0.29) is 29.8 Å². The predicted molar refractivity (Wildman–Crippen MR) is 103 cm³/mol. The van der Waals surface area contributed by atoms with E-state index < -0.39 is 0 Å². The zero-order valence-corrected chi connectivity index (χ0v) is 15.9. The van der Waals surface area contributed by atoms with Gasteiger partial charge in [-0.15, -0.1) is 24.0 Å². The van der Waals surface area contributed by atoms with Gasteiger partial charge in [-0.3, -0.25) is 0 Å². The lowest BCUT2D eigenvalue weighted by atomic mass is 10.2. The molecule has 0 radical (unpaired) electrons. The highest BCUT2D eigenvalue weighted by Gasteiger charge is 2.05. The number of halogens is 2. The molecular weight excluding hydrogens is 424 g/mol. The maximum Gasteiger partial charge on any atom is 0.188 e. The Kier molecular flexibility index (Phi) is 9.31. The maximum absolute atomic E-state index is 14.1. The van der Waals surface area contributed by atoms with Gasteiger partial charge in [0.15, 0.2) is 5.96 Å². The first-order valence-corrected chi connectivity index (χ1v) is 7.59. The second-order valence-corrected chi connectivity index (χ2v) is 4.93. The highest BCUT2D eigenvalue weighted by atomic mass is 127. The number of aromatic nitrogens is 2. The number of rotatable bonds is 8. The summed E-state index contributed by atoms with van der Waals surface area (Å²) in [6.45, 7) is 4.39. The number of nitrogens with one attached hydrogen (secondary N) is 1. The van der Waals surface area contributed by atoms with Crippen LogP contribution in [-0.4, -0.2) is 35.3 Å². The van der Waals surface area contributed by atoms with E-state index in [9.17, 15) is 4.39 Å². The highest BCUT2D eigenvalue weighted by Crippen LogP contribution is 2.15. The smallest absolute Gasteiger partial charge is 0.188 e. The van der Waals surface area contributed by atoms with Crippen molar-refractivity contribution in [2.24, 2.45) is 10.7 Å². The number of hydrogen-bond donors (Lipinski definition) is 2. The minimum absolute atomic E-state index is 0. The molecule has 0 saturated heterocycles. The minimum atomic E-state index is -0.320. The highest BCUT2D eigenvalue weighted by molar-refractivity contribution is 14.0. The van der Waals surface area contributed by atoms with Gasteiger partial charge in [-0.2, -0.15) is 0 Å². The van der Waals surface area contributed by atoms with Gasteiger partial charge in [0, 0.05) is 32.2 Å². The van der Waals surface area contributed by atoms with Crippen LogP contribution in [0, 0.1) is 5.82 Å². The third-order valence-corrected chi connectivity index (χ3v) is 3.20. The lowest BCUT2D eigenvalue weighted by molar-refractivity contribution is 0.145. The predicted octanol–water partition coefficient (Wildman–Crippen LogP) is 2.46. The molecule has 8 heteroatoms. The van der Waals surface area contributed by atoms with Crippen molar-refractivity contribution in [2.45, 2.75) is 19.9 Å². The summed E-state index contributed by atoms with van der Waals surface area (Å²) in [5, 5.41) is 3.00. The maximum atomic E-state index is 14.1. The fraction of sp³-hybridized carbons (Fsp3) is 0.375. The number of hydrogen-bond acceptors (Lipinski definition) is 3. The van der Waals surface area contributed by atoms with Crippen molar-refractivity contribution < 1.29 is 9.13 Å². The van der Waals surface area contributed by atoms with E-state index in [0.29, 0.717) is 38.0 Å². The first-order chi connectivity index (χ1) is 11.2.